The van der Waals surface area contributed by atoms with E-state index in [2.05, 4.69) is 16.2 Å². The van der Waals surface area contributed by atoms with Crippen molar-refractivity contribution in [3.05, 3.63) is 29.8 Å². The lowest BCUT2D eigenvalue weighted by atomic mass is 10.1. The number of pyridine rings is 1. The third-order valence-electron chi connectivity index (χ3n) is 2.10. The largest absolute Gasteiger partial charge is 0.338 e. The van der Waals surface area contributed by atoms with Crippen LogP contribution in [0.5, 0.6) is 0 Å². The molecule has 1 N–H and O–H groups in total. The summed E-state index contributed by atoms with van der Waals surface area (Å²) >= 11 is 0. The van der Waals surface area contributed by atoms with Gasteiger partial charge in [-0.2, -0.15) is 0 Å². The van der Waals surface area contributed by atoms with Gasteiger partial charge in [0.25, 0.3) is 5.91 Å². The zero-order valence-electron chi connectivity index (χ0n) is 9.03. The quantitative estimate of drug-likeness (QED) is 0.785. The zero-order chi connectivity index (χ0) is 12.0. The molecule has 4 heteroatoms. The Balaban J connectivity index is 2.73. The average Bonchev–Trinajstić information content (AvgIpc) is 2.28. The van der Waals surface area contributed by atoms with Crippen LogP contribution in [-0.2, 0) is 0 Å². The van der Waals surface area contributed by atoms with Crippen molar-refractivity contribution in [1.29, 1.82) is 0 Å². The van der Waals surface area contributed by atoms with Gasteiger partial charge in [-0.1, -0.05) is 19.3 Å². The van der Waals surface area contributed by atoms with Gasteiger partial charge >= 0.3 is 0 Å². The van der Waals surface area contributed by atoms with Crippen molar-refractivity contribution in [3.63, 3.8) is 0 Å². The number of carbonyl (C=O) groups is 1. The van der Waals surface area contributed by atoms with Crippen molar-refractivity contribution in [3.8, 4) is 12.3 Å². The standard InChI is InChI=1S/C12H13FN2O/c1-3-5-9(4-2)15-12(16)10-6-7-14-8-11(10)13/h2,6-9H,3,5H2,1H3,(H,15,16). The first-order valence-corrected chi connectivity index (χ1v) is 5.05. The first kappa shape index (κ1) is 12.2. The van der Waals surface area contributed by atoms with E-state index in [0.29, 0.717) is 6.42 Å². The fourth-order valence-corrected chi connectivity index (χ4v) is 1.28. The molecule has 0 bridgehead atoms. The van der Waals surface area contributed by atoms with Gasteiger partial charge in [-0.3, -0.25) is 9.78 Å². The van der Waals surface area contributed by atoms with E-state index < -0.39 is 11.7 Å². The average molecular weight is 220 g/mol. The van der Waals surface area contributed by atoms with Crippen molar-refractivity contribution < 1.29 is 9.18 Å². The van der Waals surface area contributed by atoms with Gasteiger partial charge in [0, 0.05) is 6.20 Å². The summed E-state index contributed by atoms with van der Waals surface area (Å²) in [7, 11) is 0. The molecule has 1 rings (SSSR count). The van der Waals surface area contributed by atoms with Crippen LogP contribution < -0.4 is 5.32 Å². The second-order valence-corrected chi connectivity index (χ2v) is 3.34. The lowest BCUT2D eigenvalue weighted by molar-refractivity contribution is 0.0940. The van der Waals surface area contributed by atoms with Gasteiger partial charge in [0.15, 0.2) is 5.82 Å². The zero-order valence-corrected chi connectivity index (χ0v) is 9.03. The van der Waals surface area contributed by atoms with Crippen LogP contribution in [0.3, 0.4) is 0 Å². The summed E-state index contributed by atoms with van der Waals surface area (Å²) in [5.74, 6) is 1.30. The van der Waals surface area contributed by atoms with Crippen LogP contribution in [0.25, 0.3) is 0 Å². The lowest BCUT2D eigenvalue weighted by Crippen LogP contribution is -2.34. The summed E-state index contributed by atoms with van der Waals surface area (Å²) in [6.07, 6.45) is 9.15. The van der Waals surface area contributed by atoms with E-state index >= 15 is 0 Å². The summed E-state index contributed by atoms with van der Waals surface area (Å²) in [4.78, 5) is 15.2. The molecule has 0 aliphatic heterocycles. The molecular weight excluding hydrogens is 207 g/mol. The van der Waals surface area contributed by atoms with E-state index in [1.54, 1.807) is 0 Å². The van der Waals surface area contributed by atoms with Crippen LogP contribution in [0.4, 0.5) is 4.39 Å². The first-order chi connectivity index (χ1) is 7.69. The van der Waals surface area contributed by atoms with E-state index in [1.165, 1.54) is 12.3 Å². The molecule has 0 spiro atoms. The van der Waals surface area contributed by atoms with Crippen molar-refractivity contribution in [2.45, 2.75) is 25.8 Å². The minimum Gasteiger partial charge on any atom is -0.338 e. The van der Waals surface area contributed by atoms with Gasteiger partial charge in [0.2, 0.25) is 0 Å². The van der Waals surface area contributed by atoms with Crippen LogP contribution in [0.2, 0.25) is 0 Å². The maximum Gasteiger partial charge on any atom is 0.255 e. The number of hydrogen-bond acceptors (Lipinski definition) is 2. The number of aromatic nitrogens is 1. The van der Waals surface area contributed by atoms with E-state index in [9.17, 15) is 9.18 Å². The van der Waals surface area contributed by atoms with Crippen LogP contribution >= 0.6 is 0 Å². The van der Waals surface area contributed by atoms with Gasteiger partial charge in [0.1, 0.15) is 0 Å². The molecule has 0 aromatic carbocycles. The molecule has 3 nitrogen and oxygen atoms in total. The van der Waals surface area contributed by atoms with Crippen molar-refractivity contribution in [1.82, 2.24) is 10.3 Å². The third kappa shape index (κ3) is 3.06. The lowest BCUT2D eigenvalue weighted by Gasteiger charge is -2.11. The molecular formula is C12H13FN2O. The summed E-state index contributed by atoms with van der Waals surface area (Å²) in [5.41, 5.74) is -0.0358. The van der Waals surface area contributed by atoms with Gasteiger partial charge in [-0.05, 0) is 12.5 Å². The van der Waals surface area contributed by atoms with Crippen molar-refractivity contribution in [2.24, 2.45) is 0 Å². The number of carbonyl (C=O) groups excluding carboxylic acids is 1. The van der Waals surface area contributed by atoms with Gasteiger partial charge < -0.3 is 5.32 Å². The highest BCUT2D eigenvalue weighted by Crippen LogP contribution is 2.05. The first-order valence-electron chi connectivity index (χ1n) is 5.05. The summed E-state index contributed by atoms with van der Waals surface area (Å²) in [6, 6.07) is 0.967. The number of nitrogens with zero attached hydrogens (tertiary/aromatic N) is 1. The monoisotopic (exact) mass is 220 g/mol. The SMILES string of the molecule is C#CC(CCC)NC(=O)c1ccncc1F. The number of nitrogens with one attached hydrogen (secondary N) is 1. The summed E-state index contributed by atoms with van der Waals surface area (Å²) < 4.78 is 13.2. The summed E-state index contributed by atoms with van der Waals surface area (Å²) in [5, 5.41) is 2.58. The predicted molar refractivity (Wildman–Crippen MR) is 59.2 cm³/mol. The van der Waals surface area contributed by atoms with E-state index in [0.717, 1.165) is 12.6 Å². The minimum absolute atomic E-state index is 0.0358. The third-order valence-corrected chi connectivity index (χ3v) is 2.10. The van der Waals surface area contributed by atoms with Crippen LogP contribution in [0.15, 0.2) is 18.5 Å². The molecule has 0 aliphatic carbocycles. The topological polar surface area (TPSA) is 42.0 Å². The number of halogens is 1. The molecule has 0 aliphatic rings. The predicted octanol–water partition coefficient (Wildman–Crippen LogP) is 1.75. The maximum atomic E-state index is 13.2. The molecule has 1 atom stereocenters. The molecule has 1 heterocycles. The molecule has 1 unspecified atom stereocenters. The Labute approximate surface area is 94.1 Å². The van der Waals surface area contributed by atoms with Crippen LogP contribution in [0, 0.1) is 18.2 Å². The Kier molecular flexibility index (Phi) is 4.46. The van der Waals surface area contributed by atoms with Gasteiger partial charge in [-0.15, -0.1) is 6.42 Å². The molecule has 1 aromatic rings. The normalized spacial score (nSPS) is 11.6. The molecule has 0 saturated heterocycles. The Morgan fingerprint density at radius 1 is 1.75 bits per heavy atom. The molecule has 16 heavy (non-hydrogen) atoms. The molecule has 0 saturated carbocycles. The molecule has 84 valence electrons. The van der Waals surface area contributed by atoms with E-state index in [-0.39, 0.29) is 11.6 Å². The fraction of sp³-hybridized carbons (Fsp3) is 0.333. The second-order valence-electron chi connectivity index (χ2n) is 3.34. The Bertz CT molecular complexity index is 412. The molecule has 0 fully saturated rings. The highest BCUT2D eigenvalue weighted by atomic mass is 19.1. The second kappa shape index (κ2) is 5.86. The minimum atomic E-state index is -0.646. The molecule has 1 amide bonds. The Morgan fingerprint density at radius 3 is 3.06 bits per heavy atom. The van der Waals surface area contributed by atoms with Crippen LogP contribution in [-0.4, -0.2) is 16.9 Å². The van der Waals surface area contributed by atoms with Crippen molar-refractivity contribution in [2.75, 3.05) is 0 Å². The number of rotatable bonds is 4. The smallest absolute Gasteiger partial charge is 0.255 e. The highest BCUT2D eigenvalue weighted by molar-refractivity contribution is 5.94. The number of hydrogen-bond donors (Lipinski definition) is 1. The highest BCUT2D eigenvalue weighted by Gasteiger charge is 2.14. The van der Waals surface area contributed by atoms with Crippen molar-refractivity contribution >= 4 is 5.91 Å². The molecule has 1 aromatic heterocycles. The maximum absolute atomic E-state index is 13.2. The van der Waals surface area contributed by atoms with Gasteiger partial charge in [0.05, 0.1) is 17.8 Å². The van der Waals surface area contributed by atoms with Gasteiger partial charge in [-0.25, -0.2) is 4.39 Å². The van der Waals surface area contributed by atoms with Crippen LogP contribution in [0.1, 0.15) is 30.1 Å². The Morgan fingerprint density at radius 2 is 2.50 bits per heavy atom. The molecule has 0 radical (unpaired) electrons. The van der Waals surface area contributed by atoms with E-state index in [1.807, 2.05) is 6.92 Å². The number of terminal acetylenes is 1. The van der Waals surface area contributed by atoms with E-state index in [4.69, 9.17) is 6.42 Å². The summed E-state index contributed by atoms with van der Waals surface area (Å²) in [6.45, 7) is 1.96. The fourth-order valence-electron chi connectivity index (χ4n) is 1.28. The number of amides is 1. The Hall–Kier alpha value is -1.89.